The van der Waals surface area contributed by atoms with Crippen LogP contribution in [0.2, 0.25) is 0 Å². The van der Waals surface area contributed by atoms with Crippen LogP contribution in [0.3, 0.4) is 0 Å². The number of rotatable bonds is 7. The van der Waals surface area contributed by atoms with E-state index in [4.69, 9.17) is 4.74 Å². The number of carbonyl (C=O) groups is 1. The van der Waals surface area contributed by atoms with Crippen LogP contribution in [0.4, 0.5) is 18.0 Å². The van der Waals surface area contributed by atoms with Crippen LogP contribution >= 0.6 is 0 Å². The molecule has 1 fully saturated rings. The van der Waals surface area contributed by atoms with Gasteiger partial charge >= 0.3 is 12.7 Å². The fourth-order valence-electron chi connectivity index (χ4n) is 3.17. The summed E-state index contributed by atoms with van der Waals surface area (Å²) in [5, 5.41) is 15.7. The largest absolute Gasteiger partial charge is 0.442 e. The van der Waals surface area contributed by atoms with Gasteiger partial charge in [0.15, 0.2) is 0 Å². The highest BCUT2D eigenvalue weighted by Crippen LogP contribution is 2.20. The topological polar surface area (TPSA) is 79.8 Å². The molecule has 3 atom stereocenters. The van der Waals surface area contributed by atoms with Gasteiger partial charge in [-0.3, -0.25) is 0 Å². The number of aliphatic hydroxyl groups excluding tert-OH is 1. The number of aliphatic hydroxyl groups is 1. The van der Waals surface area contributed by atoms with Crippen LogP contribution in [0.25, 0.3) is 0 Å². The molecule has 0 aliphatic carbocycles. The van der Waals surface area contributed by atoms with Gasteiger partial charge in [-0.1, -0.05) is 24.3 Å². The number of alkyl halides is 2. The van der Waals surface area contributed by atoms with Gasteiger partial charge in [-0.15, -0.1) is 0 Å². The Morgan fingerprint density at radius 2 is 1.97 bits per heavy atom. The van der Waals surface area contributed by atoms with E-state index in [9.17, 15) is 23.1 Å². The zero-order valence-corrected chi connectivity index (χ0v) is 15.4. The van der Waals surface area contributed by atoms with Crippen molar-refractivity contribution in [3.63, 3.8) is 0 Å². The Bertz CT molecular complexity index is 820. The molecular weight excluding hydrogens is 389 g/mol. The van der Waals surface area contributed by atoms with Crippen molar-refractivity contribution in [2.75, 3.05) is 6.54 Å². The van der Waals surface area contributed by atoms with Gasteiger partial charge in [-0.05, 0) is 41.8 Å². The van der Waals surface area contributed by atoms with Gasteiger partial charge in [0.2, 0.25) is 0 Å². The van der Waals surface area contributed by atoms with Crippen molar-refractivity contribution < 1.29 is 32.5 Å². The molecule has 1 aliphatic rings. The minimum absolute atomic E-state index is 0.0488. The quantitative estimate of drug-likeness (QED) is 0.654. The summed E-state index contributed by atoms with van der Waals surface area (Å²) in [7, 11) is 0. The van der Waals surface area contributed by atoms with Crippen molar-refractivity contribution in [3.05, 3.63) is 65.5 Å². The number of β-amino-alcohol motifs (C(OH)–C–C–N with tert-alkyl or cyclic N) is 1. The number of hydrogen-bond acceptors (Lipinski definition) is 5. The van der Waals surface area contributed by atoms with Gasteiger partial charge in [0.25, 0.3) is 0 Å². The molecule has 1 heterocycles. The van der Waals surface area contributed by atoms with Gasteiger partial charge in [0, 0.05) is 13.1 Å². The van der Waals surface area contributed by atoms with Crippen LogP contribution in [-0.4, -0.2) is 42.6 Å². The van der Waals surface area contributed by atoms with E-state index in [0.717, 1.165) is 5.56 Å². The van der Waals surface area contributed by atoms with E-state index in [1.165, 1.54) is 30.3 Å². The normalized spacial score (nSPS) is 21.2. The van der Waals surface area contributed by atoms with Crippen molar-refractivity contribution in [2.45, 2.75) is 37.8 Å². The molecule has 6 nitrogen and oxygen atoms in total. The molecule has 156 valence electrons. The van der Waals surface area contributed by atoms with E-state index in [2.05, 4.69) is 15.4 Å². The molecule has 2 aromatic carbocycles. The number of benzene rings is 2. The molecule has 3 N–H and O–H groups in total. The first-order valence-electron chi connectivity index (χ1n) is 9.05. The van der Waals surface area contributed by atoms with Crippen molar-refractivity contribution in [1.29, 1.82) is 0 Å². The fourth-order valence-corrected chi connectivity index (χ4v) is 3.17. The van der Waals surface area contributed by atoms with E-state index >= 15 is 0 Å². The maximum atomic E-state index is 13.2. The van der Waals surface area contributed by atoms with Crippen molar-refractivity contribution in [3.8, 4) is 5.75 Å². The second kappa shape index (κ2) is 9.62. The summed E-state index contributed by atoms with van der Waals surface area (Å²) in [5.41, 5.74) is 1.38. The number of amides is 1. The molecule has 1 saturated heterocycles. The van der Waals surface area contributed by atoms with Gasteiger partial charge in [-0.25, -0.2) is 9.18 Å². The molecule has 0 aromatic heterocycles. The molecule has 0 unspecified atom stereocenters. The van der Waals surface area contributed by atoms with Crippen LogP contribution in [0.1, 0.15) is 11.1 Å². The maximum Gasteiger partial charge on any atom is 0.407 e. The minimum Gasteiger partial charge on any atom is -0.442 e. The summed E-state index contributed by atoms with van der Waals surface area (Å²) in [6, 6.07) is 11.6. The Morgan fingerprint density at radius 3 is 2.66 bits per heavy atom. The third kappa shape index (κ3) is 6.10. The highest BCUT2D eigenvalue weighted by molar-refractivity contribution is 5.67. The van der Waals surface area contributed by atoms with Crippen LogP contribution in [-0.2, 0) is 17.7 Å². The van der Waals surface area contributed by atoms with E-state index in [1.807, 2.05) is 0 Å². The predicted octanol–water partition coefficient (Wildman–Crippen LogP) is 2.60. The van der Waals surface area contributed by atoms with E-state index in [0.29, 0.717) is 12.0 Å². The first kappa shape index (κ1) is 20.9. The zero-order valence-electron chi connectivity index (χ0n) is 15.4. The van der Waals surface area contributed by atoms with E-state index in [-0.39, 0.29) is 24.9 Å². The smallest absolute Gasteiger partial charge is 0.407 e. The first-order valence-corrected chi connectivity index (χ1v) is 9.05. The van der Waals surface area contributed by atoms with E-state index < -0.39 is 30.7 Å². The van der Waals surface area contributed by atoms with Gasteiger partial charge < -0.3 is 25.2 Å². The molecule has 29 heavy (non-hydrogen) atoms. The number of carbonyl (C=O) groups excluding carboxylic acids is 1. The highest BCUT2D eigenvalue weighted by atomic mass is 19.3. The average Bonchev–Trinajstić information content (AvgIpc) is 3.01. The highest BCUT2D eigenvalue weighted by Gasteiger charge is 2.37. The van der Waals surface area contributed by atoms with Crippen molar-refractivity contribution >= 4 is 6.09 Å². The number of nitrogens with one attached hydrogen (secondary N) is 2. The SMILES string of the molecule is O=C(NCc1cccc(F)c1)O[C@@H]1[C@@H](O)CN[C@@H]1Cc1ccc(OC(F)F)cc1. The Hall–Kier alpha value is -2.78. The summed E-state index contributed by atoms with van der Waals surface area (Å²) < 4.78 is 47.3. The van der Waals surface area contributed by atoms with Gasteiger partial charge in [0.1, 0.15) is 23.8 Å². The molecule has 3 rings (SSSR count). The molecule has 0 saturated carbocycles. The van der Waals surface area contributed by atoms with Crippen LogP contribution in [0.5, 0.6) is 5.75 Å². The zero-order chi connectivity index (χ0) is 20.8. The lowest BCUT2D eigenvalue weighted by atomic mass is 10.0. The van der Waals surface area contributed by atoms with E-state index in [1.54, 1.807) is 18.2 Å². The Balaban J connectivity index is 1.54. The maximum absolute atomic E-state index is 13.2. The van der Waals surface area contributed by atoms with Crippen LogP contribution < -0.4 is 15.4 Å². The summed E-state index contributed by atoms with van der Waals surface area (Å²) >= 11 is 0. The minimum atomic E-state index is -2.89. The molecule has 0 bridgehead atoms. The molecule has 0 spiro atoms. The Labute approximate surface area is 165 Å². The summed E-state index contributed by atoms with van der Waals surface area (Å²) in [4.78, 5) is 12.1. The van der Waals surface area contributed by atoms with Crippen LogP contribution in [0.15, 0.2) is 48.5 Å². The third-order valence-corrected chi connectivity index (χ3v) is 4.54. The average molecular weight is 410 g/mol. The number of ether oxygens (including phenoxy) is 2. The third-order valence-electron chi connectivity index (χ3n) is 4.54. The lowest BCUT2D eigenvalue weighted by Gasteiger charge is -2.22. The Kier molecular flexibility index (Phi) is 6.95. The molecule has 0 radical (unpaired) electrons. The molecular formula is C20H21F3N2O4. The first-order chi connectivity index (χ1) is 13.9. The fraction of sp³-hybridized carbons (Fsp3) is 0.350. The number of halogens is 3. The second-order valence-electron chi connectivity index (χ2n) is 6.66. The summed E-state index contributed by atoms with van der Waals surface area (Å²) in [5.74, 6) is -0.356. The molecule has 9 heteroatoms. The molecule has 2 aromatic rings. The van der Waals surface area contributed by atoms with Crippen LogP contribution in [0, 0.1) is 5.82 Å². The lowest BCUT2D eigenvalue weighted by Crippen LogP contribution is -2.41. The van der Waals surface area contributed by atoms with Crippen molar-refractivity contribution in [2.24, 2.45) is 0 Å². The molecule has 1 amide bonds. The standard InChI is InChI=1S/C20H21F3N2O4/c21-14-3-1-2-13(8-14)10-25-20(27)29-18-16(24-11-17(18)26)9-12-4-6-15(7-5-12)28-19(22)23/h1-8,16-19,24,26H,9-11H2,(H,25,27)/t16-,17+,18+/m1/s1. The monoisotopic (exact) mass is 410 g/mol. The van der Waals surface area contributed by atoms with Gasteiger partial charge in [-0.2, -0.15) is 8.78 Å². The summed E-state index contributed by atoms with van der Waals surface area (Å²) in [6.45, 7) is -2.56. The lowest BCUT2D eigenvalue weighted by molar-refractivity contribution is -0.0498. The molecule has 1 aliphatic heterocycles. The summed E-state index contributed by atoms with van der Waals surface area (Å²) in [6.07, 6.45) is -2.00. The van der Waals surface area contributed by atoms with Crippen molar-refractivity contribution in [1.82, 2.24) is 10.6 Å². The number of hydrogen-bond donors (Lipinski definition) is 3. The predicted molar refractivity (Wildman–Crippen MR) is 98.1 cm³/mol. The second-order valence-corrected chi connectivity index (χ2v) is 6.66. The Morgan fingerprint density at radius 1 is 1.21 bits per heavy atom. The number of alkyl carbamates (subject to hydrolysis) is 1. The van der Waals surface area contributed by atoms with Gasteiger partial charge in [0.05, 0.1) is 6.04 Å².